The molecular weight excluding hydrogens is 398 g/mol. The Morgan fingerprint density at radius 1 is 1.07 bits per heavy atom. The van der Waals surface area contributed by atoms with Crippen LogP contribution in [0.4, 0.5) is 5.69 Å². The lowest BCUT2D eigenvalue weighted by atomic mass is 10.2. The van der Waals surface area contributed by atoms with Crippen molar-refractivity contribution in [3.8, 4) is 0 Å². The Balaban J connectivity index is 2.08. The molecule has 0 bridgehead atoms. The predicted molar refractivity (Wildman–Crippen MR) is 114 cm³/mol. The second kappa shape index (κ2) is 9.91. The lowest BCUT2D eigenvalue weighted by molar-refractivity contribution is 0.0954. The molecule has 2 aromatic carbocycles. The van der Waals surface area contributed by atoms with Crippen LogP contribution in [0.25, 0.3) is 0 Å². The highest BCUT2D eigenvalue weighted by molar-refractivity contribution is 7.89. The van der Waals surface area contributed by atoms with Crippen molar-refractivity contribution in [1.29, 1.82) is 0 Å². The average Bonchev–Trinajstić information content (AvgIpc) is 2.69. The first-order chi connectivity index (χ1) is 13.3. The number of anilines is 1. The number of carbonyl (C=O) groups excluding carboxylic acids is 1. The van der Waals surface area contributed by atoms with Gasteiger partial charge in [0.05, 0.1) is 5.02 Å². The Morgan fingerprint density at radius 3 is 2.32 bits per heavy atom. The van der Waals surface area contributed by atoms with Crippen LogP contribution in [0.5, 0.6) is 0 Å². The van der Waals surface area contributed by atoms with E-state index in [0.717, 1.165) is 5.69 Å². The van der Waals surface area contributed by atoms with Gasteiger partial charge in [0.1, 0.15) is 4.90 Å². The highest BCUT2D eigenvalue weighted by Crippen LogP contribution is 2.25. The molecule has 28 heavy (non-hydrogen) atoms. The molecule has 0 saturated heterocycles. The fraction of sp³-hybridized carbons (Fsp3) is 0.350. The number of rotatable bonds is 9. The fourth-order valence-electron chi connectivity index (χ4n) is 2.80. The molecule has 0 aromatic heterocycles. The van der Waals surface area contributed by atoms with Gasteiger partial charge in [-0.2, -0.15) is 4.31 Å². The van der Waals surface area contributed by atoms with E-state index < -0.39 is 10.0 Å². The van der Waals surface area contributed by atoms with Gasteiger partial charge in [0, 0.05) is 44.5 Å². The first kappa shape index (κ1) is 22.2. The summed E-state index contributed by atoms with van der Waals surface area (Å²) in [6, 6.07) is 14.2. The monoisotopic (exact) mass is 423 g/mol. The van der Waals surface area contributed by atoms with Crippen molar-refractivity contribution in [2.45, 2.75) is 18.7 Å². The minimum atomic E-state index is -3.74. The molecule has 1 N–H and O–H groups in total. The Kier molecular flexibility index (Phi) is 7.86. The zero-order valence-corrected chi connectivity index (χ0v) is 17.9. The summed E-state index contributed by atoms with van der Waals surface area (Å²) in [5.74, 6) is -0.339. The molecule has 2 aromatic rings. The quantitative estimate of drug-likeness (QED) is 0.672. The highest BCUT2D eigenvalue weighted by atomic mass is 35.5. The maximum atomic E-state index is 12.8. The van der Waals surface area contributed by atoms with Crippen LogP contribution in [0.1, 0.15) is 24.2 Å². The number of hydrogen-bond donors (Lipinski definition) is 1. The molecule has 8 heteroatoms. The summed E-state index contributed by atoms with van der Waals surface area (Å²) < 4.78 is 26.8. The van der Waals surface area contributed by atoms with Gasteiger partial charge in [-0.1, -0.05) is 43.6 Å². The molecule has 6 nitrogen and oxygen atoms in total. The van der Waals surface area contributed by atoms with E-state index >= 15 is 0 Å². The molecule has 0 heterocycles. The van der Waals surface area contributed by atoms with E-state index in [1.54, 1.807) is 13.8 Å². The van der Waals surface area contributed by atoms with E-state index in [2.05, 4.69) is 5.32 Å². The lowest BCUT2D eigenvalue weighted by Gasteiger charge is -2.20. The molecule has 0 spiro atoms. The van der Waals surface area contributed by atoms with Crippen molar-refractivity contribution in [3.63, 3.8) is 0 Å². The van der Waals surface area contributed by atoms with E-state index in [0.29, 0.717) is 26.2 Å². The topological polar surface area (TPSA) is 69.7 Å². The largest absolute Gasteiger partial charge is 0.373 e. The molecule has 152 valence electrons. The number of nitrogens with zero attached hydrogens (tertiary/aromatic N) is 2. The van der Waals surface area contributed by atoms with Crippen LogP contribution in [0.3, 0.4) is 0 Å². The third-order valence-electron chi connectivity index (χ3n) is 4.45. The molecule has 0 aliphatic rings. The summed E-state index contributed by atoms with van der Waals surface area (Å²) in [5.41, 5.74) is 1.31. The predicted octanol–water partition coefficient (Wildman–Crippen LogP) is 3.24. The van der Waals surface area contributed by atoms with Crippen molar-refractivity contribution in [2.24, 2.45) is 0 Å². The number of para-hydroxylation sites is 1. The first-order valence-corrected chi connectivity index (χ1v) is 11.0. The zero-order chi connectivity index (χ0) is 20.7. The number of benzene rings is 2. The highest BCUT2D eigenvalue weighted by Gasteiger charge is 2.25. The van der Waals surface area contributed by atoms with E-state index in [9.17, 15) is 13.2 Å². The number of amides is 1. The van der Waals surface area contributed by atoms with Crippen LogP contribution in [-0.2, 0) is 10.0 Å². The minimum absolute atomic E-state index is 0.0491. The molecule has 1 amide bonds. The summed E-state index contributed by atoms with van der Waals surface area (Å²) in [4.78, 5) is 14.5. The van der Waals surface area contributed by atoms with Crippen LogP contribution < -0.4 is 10.2 Å². The Bertz CT molecular complexity index is 900. The molecule has 0 aliphatic carbocycles. The summed E-state index contributed by atoms with van der Waals surface area (Å²) in [5, 5.41) is 2.93. The number of likely N-dealkylation sites (N-methyl/N-ethyl adjacent to an activating group) is 1. The van der Waals surface area contributed by atoms with E-state index in [1.165, 1.54) is 22.5 Å². The van der Waals surface area contributed by atoms with Gasteiger partial charge < -0.3 is 10.2 Å². The minimum Gasteiger partial charge on any atom is -0.373 e. The number of halogens is 1. The van der Waals surface area contributed by atoms with Crippen molar-refractivity contribution >= 4 is 33.2 Å². The number of sulfonamides is 1. The van der Waals surface area contributed by atoms with Gasteiger partial charge in [0.15, 0.2) is 0 Å². The van der Waals surface area contributed by atoms with Gasteiger partial charge >= 0.3 is 0 Å². The standard InChI is InChI=1S/C20H26ClN3O3S/c1-4-24(5-2)28(26,27)19-15-16(11-12-18(19)21)20(25)22-13-14-23(3)17-9-7-6-8-10-17/h6-12,15H,4-5,13-14H2,1-3H3,(H,22,25). The van der Waals surface area contributed by atoms with Crippen LogP contribution in [0.2, 0.25) is 5.02 Å². The summed E-state index contributed by atoms with van der Waals surface area (Å²) in [7, 11) is -1.80. The molecule has 0 atom stereocenters. The van der Waals surface area contributed by atoms with Crippen molar-refractivity contribution < 1.29 is 13.2 Å². The van der Waals surface area contributed by atoms with Gasteiger partial charge in [-0.05, 0) is 30.3 Å². The molecule has 0 aliphatic heterocycles. The van der Waals surface area contributed by atoms with E-state index in [-0.39, 0.29) is 21.4 Å². The summed E-state index contributed by atoms with van der Waals surface area (Å²) in [6.45, 7) is 5.22. The molecule has 0 radical (unpaired) electrons. The maximum Gasteiger partial charge on any atom is 0.251 e. The number of nitrogens with one attached hydrogen (secondary N) is 1. The molecule has 0 unspecified atom stereocenters. The van der Waals surface area contributed by atoms with Crippen LogP contribution >= 0.6 is 11.6 Å². The van der Waals surface area contributed by atoms with Crippen LogP contribution in [0, 0.1) is 0 Å². The third-order valence-corrected chi connectivity index (χ3v) is 6.98. The fourth-order valence-corrected chi connectivity index (χ4v) is 4.75. The van der Waals surface area contributed by atoms with Crippen molar-refractivity contribution in [2.75, 3.05) is 38.1 Å². The van der Waals surface area contributed by atoms with Gasteiger partial charge in [-0.3, -0.25) is 4.79 Å². The molecule has 2 rings (SSSR count). The normalized spacial score (nSPS) is 11.5. The summed E-state index contributed by atoms with van der Waals surface area (Å²) >= 11 is 6.11. The van der Waals surface area contributed by atoms with Crippen molar-refractivity contribution in [3.05, 3.63) is 59.1 Å². The van der Waals surface area contributed by atoms with Gasteiger partial charge in [-0.15, -0.1) is 0 Å². The van der Waals surface area contributed by atoms with Crippen LogP contribution in [0.15, 0.2) is 53.4 Å². The second-order valence-electron chi connectivity index (χ2n) is 6.25. The Labute approximate surface area is 172 Å². The second-order valence-corrected chi connectivity index (χ2v) is 8.56. The smallest absolute Gasteiger partial charge is 0.251 e. The van der Waals surface area contributed by atoms with Gasteiger partial charge in [0.25, 0.3) is 5.91 Å². The lowest BCUT2D eigenvalue weighted by Crippen LogP contribution is -2.33. The van der Waals surface area contributed by atoms with E-state index in [4.69, 9.17) is 11.6 Å². The number of carbonyl (C=O) groups is 1. The summed E-state index contributed by atoms with van der Waals surface area (Å²) in [6.07, 6.45) is 0. The Hall–Kier alpha value is -2.09. The van der Waals surface area contributed by atoms with Crippen LogP contribution in [-0.4, -0.2) is 51.9 Å². The molecular formula is C20H26ClN3O3S. The average molecular weight is 424 g/mol. The third kappa shape index (κ3) is 5.25. The molecule has 0 saturated carbocycles. The van der Waals surface area contributed by atoms with Crippen molar-refractivity contribution in [1.82, 2.24) is 9.62 Å². The Morgan fingerprint density at radius 2 is 1.71 bits per heavy atom. The first-order valence-electron chi connectivity index (χ1n) is 9.15. The maximum absolute atomic E-state index is 12.8. The number of hydrogen-bond acceptors (Lipinski definition) is 4. The van der Waals surface area contributed by atoms with Gasteiger partial charge in [-0.25, -0.2) is 8.42 Å². The van der Waals surface area contributed by atoms with Gasteiger partial charge in [0.2, 0.25) is 10.0 Å². The SMILES string of the molecule is CCN(CC)S(=O)(=O)c1cc(C(=O)NCCN(C)c2ccccc2)ccc1Cl. The van der Waals surface area contributed by atoms with E-state index in [1.807, 2.05) is 42.3 Å². The molecule has 0 fully saturated rings. The zero-order valence-electron chi connectivity index (χ0n) is 16.4.